The summed E-state index contributed by atoms with van der Waals surface area (Å²) in [6.45, 7) is 6.90. The van der Waals surface area contributed by atoms with Gasteiger partial charge in [0.1, 0.15) is 5.82 Å². The maximum absolute atomic E-state index is 13.5. The molecular formula is C24H27ClF3N5O. The Kier molecular flexibility index (Phi) is 7.55. The van der Waals surface area contributed by atoms with E-state index in [1.54, 1.807) is 11.9 Å². The number of carbonyl (C=O) groups is 1. The van der Waals surface area contributed by atoms with Crippen molar-refractivity contribution in [2.24, 2.45) is 0 Å². The molecule has 0 radical (unpaired) electrons. The summed E-state index contributed by atoms with van der Waals surface area (Å²) in [6, 6.07) is 9.47. The van der Waals surface area contributed by atoms with Gasteiger partial charge in [0, 0.05) is 39.1 Å². The van der Waals surface area contributed by atoms with Gasteiger partial charge in [-0.1, -0.05) is 56.6 Å². The van der Waals surface area contributed by atoms with Gasteiger partial charge >= 0.3 is 6.18 Å². The van der Waals surface area contributed by atoms with Crippen molar-refractivity contribution in [3.05, 3.63) is 76.5 Å². The number of nitrogens with one attached hydrogen (secondary N) is 1. The number of anilines is 1. The monoisotopic (exact) mass is 493 g/mol. The molecule has 0 saturated heterocycles. The molecule has 3 rings (SSSR count). The SMILES string of the molecule is CNc1ncc(Cl)cc1C(=O)N(CCn1cnc(C(F)(F)F)c1)Cc1ccc(C(C)(C)C)cc1. The zero-order chi connectivity index (χ0) is 25.1. The van der Waals surface area contributed by atoms with Gasteiger partial charge in [0.25, 0.3) is 5.91 Å². The number of imidazole rings is 1. The Morgan fingerprint density at radius 3 is 2.38 bits per heavy atom. The van der Waals surface area contributed by atoms with E-state index in [1.807, 2.05) is 24.3 Å². The summed E-state index contributed by atoms with van der Waals surface area (Å²) in [7, 11) is 1.65. The molecular weight excluding hydrogens is 467 g/mol. The fraction of sp³-hybridized carbons (Fsp3) is 0.375. The lowest BCUT2D eigenvalue weighted by molar-refractivity contribution is -0.141. The van der Waals surface area contributed by atoms with Crippen LogP contribution in [0.5, 0.6) is 0 Å². The van der Waals surface area contributed by atoms with Crippen molar-refractivity contribution < 1.29 is 18.0 Å². The number of nitrogens with zero attached hydrogens (tertiary/aromatic N) is 4. The summed E-state index contributed by atoms with van der Waals surface area (Å²) in [4.78, 5) is 22.6. The number of carbonyl (C=O) groups excluding carboxylic acids is 1. The number of pyridine rings is 1. The first-order chi connectivity index (χ1) is 15.9. The van der Waals surface area contributed by atoms with Crippen molar-refractivity contribution in [2.75, 3.05) is 18.9 Å². The number of halogens is 4. The molecule has 0 saturated carbocycles. The number of aromatic nitrogens is 3. The molecule has 3 aromatic rings. The zero-order valence-corrected chi connectivity index (χ0v) is 20.2. The standard InChI is InChI=1S/C24H27ClF3N5O/c1-23(2,3)17-7-5-16(6-8-17)13-33(10-9-32-14-20(31-15-32)24(26,27)28)22(34)19-11-18(25)12-30-21(19)29-4/h5-8,11-12,14-15H,9-10,13H2,1-4H3,(H,29,30). The first-order valence-corrected chi connectivity index (χ1v) is 11.1. The van der Waals surface area contributed by atoms with Crippen LogP contribution >= 0.6 is 11.6 Å². The van der Waals surface area contributed by atoms with Gasteiger partial charge in [-0.3, -0.25) is 4.79 Å². The molecule has 6 nitrogen and oxygen atoms in total. The molecule has 0 fully saturated rings. The number of hydrogen-bond donors (Lipinski definition) is 1. The predicted octanol–water partition coefficient (Wildman–Crippen LogP) is 5.63. The Balaban J connectivity index is 1.87. The number of alkyl halides is 3. The van der Waals surface area contributed by atoms with Crippen LogP contribution in [0.3, 0.4) is 0 Å². The molecule has 1 N–H and O–H groups in total. The molecule has 34 heavy (non-hydrogen) atoms. The summed E-state index contributed by atoms with van der Waals surface area (Å²) in [6.07, 6.45) is -1.04. The molecule has 0 atom stereocenters. The van der Waals surface area contributed by atoms with E-state index in [2.05, 4.69) is 36.1 Å². The second-order valence-corrected chi connectivity index (χ2v) is 9.40. The van der Waals surface area contributed by atoms with E-state index >= 15 is 0 Å². The number of benzene rings is 1. The van der Waals surface area contributed by atoms with Crippen LogP contribution in [0, 0.1) is 0 Å². The van der Waals surface area contributed by atoms with E-state index in [9.17, 15) is 18.0 Å². The van der Waals surface area contributed by atoms with Gasteiger partial charge in [-0.2, -0.15) is 13.2 Å². The predicted molar refractivity (Wildman–Crippen MR) is 126 cm³/mol. The van der Waals surface area contributed by atoms with E-state index in [0.717, 1.165) is 23.7 Å². The van der Waals surface area contributed by atoms with Gasteiger partial charge in [-0.15, -0.1) is 0 Å². The number of rotatable bonds is 7. The van der Waals surface area contributed by atoms with Crippen molar-refractivity contribution in [1.82, 2.24) is 19.4 Å². The van der Waals surface area contributed by atoms with Gasteiger partial charge in [-0.25, -0.2) is 9.97 Å². The second-order valence-electron chi connectivity index (χ2n) is 8.97. The highest BCUT2D eigenvalue weighted by Crippen LogP contribution is 2.27. The molecule has 0 unspecified atom stereocenters. The van der Waals surface area contributed by atoms with Crippen molar-refractivity contribution in [3.8, 4) is 0 Å². The smallest absolute Gasteiger partial charge is 0.372 e. The summed E-state index contributed by atoms with van der Waals surface area (Å²) in [5.41, 5.74) is 1.34. The van der Waals surface area contributed by atoms with Gasteiger partial charge in [0.05, 0.1) is 16.9 Å². The zero-order valence-electron chi connectivity index (χ0n) is 19.4. The molecule has 2 aromatic heterocycles. The van der Waals surface area contributed by atoms with Gasteiger partial charge < -0.3 is 14.8 Å². The van der Waals surface area contributed by atoms with Crippen molar-refractivity contribution in [2.45, 2.75) is 45.5 Å². The van der Waals surface area contributed by atoms with E-state index in [4.69, 9.17) is 11.6 Å². The third kappa shape index (κ3) is 6.28. The number of hydrogen-bond acceptors (Lipinski definition) is 4. The first-order valence-electron chi connectivity index (χ1n) is 10.7. The largest absolute Gasteiger partial charge is 0.434 e. The minimum Gasteiger partial charge on any atom is -0.372 e. The average molecular weight is 494 g/mol. The van der Waals surface area contributed by atoms with Crippen molar-refractivity contribution in [3.63, 3.8) is 0 Å². The molecule has 1 aromatic carbocycles. The highest BCUT2D eigenvalue weighted by Gasteiger charge is 2.33. The molecule has 10 heteroatoms. The van der Waals surface area contributed by atoms with Gasteiger partial charge in [0.2, 0.25) is 0 Å². The van der Waals surface area contributed by atoms with Crippen LogP contribution in [0.25, 0.3) is 0 Å². The fourth-order valence-corrected chi connectivity index (χ4v) is 3.58. The molecule has 0 aliphatic rings. The molecule has 0 spiro atoms. The van der Waals surface area contributed by atoms with Crippen molar-refractivity contribution in [1.29, 1.82) is 0 Å². The Labute approximate surface area is 201 Å². The summed E-state index contributed by atoms with van der Waals surface area (Å²) >= 11 is 6.08. The van der Waals surface area contributed by atoms with Crippen LogP contribution < -0.4 is 5.32 Å². The highest BCUT2D eigenvalue weighted by atomic mass is 35.5. The van der Waals surface area contributed by atoms with Crippen LogP contribution in [0.15, 0.2) is 49.1 Å². The molecule has 0 bridgehead atoms. The Hall–Kier alpha value is -3.07. The topological polar surface area (TPSA) is 63.1 Å². The lowest BCUT2D eigenvalue weighted by Gasteiger charge is -2.25. The summed E-state index contributed by atoms with van der Waals surface area (Å²) in [5, 5.41) is 3.19. The molecule has 2 heterocycles. The van der Waals surface area contributed by atoms with E-state index in [1.165, 1.54) is 16.8 Å². The Bertz CT molecular complexity index is 1140. The Morgan fingerprint density at radius 1 is 1.15 bits per heavy atom. The molecule has 0 aliphatic carbocycles. The lowest BCUT2D eigenvalue weighted by Crippen LogP contribution is -2.34. The molecule has 1 amide bonds. The van der Waals surface area contributed by atoms with Crippen LogP contribution in [0.1, 0.15) is 48.0 Å². The van der Waals surface area contributed by atoms with Crippen molar-refractivity contribution >= 4 is 23.3 Å². The van der Waals surface area contributed by atoms with E-state index < -0.39 is 11.9 Å². The highest BCUT2D eigenvalue weighted by molar-refractivity contribution is 6.31. The van der Waals surface area contributed by atoms with E-state index in [0.29, 0.717) is 10.8 Å². The lowest BCUT2D eigenvalue weighted by atomic mass is 9.87. The van der Waals surface area contributed by atoms with Crippen LogP contribution in [0.2, 0.25) is 5.02 Å². The molecule has 0 aliphatic heterocycles. The summed E-state index contributed by atoms with van der Waals surface area (Å²) in [5.74, 6) is 0.0277. The maximum Gasteiger partial charge on any atom is 0.434 e. The quantitative estimate of drug-likeness (QED) is 0.463. The maximum atomic E-state index is 13.5. The first kappa shape index (κ1) is 25.6. The van der Waals surface area contributed by atoms with Gasteiger partial charge in [0.15, 0.2) is 5.69 Å². The normalized spacial score (nSPS) is 12.0. The Morgan fingerprint density at radius 2 is 1.82 bits per heavy atom. The minimum absolute atomic E-state index is 0.0141. The third-order valence-corrected chi connectivity index (χ3v) is 5.56. The van der Waals surface area contributed by atoms with Crippen LogP contribution in [-0.2, 0) is 24.7 Å². The van der Waals surface area contributed by atoms with Gasteiger partial charge in [-0.05, 0) is 22.6 Å². The summed E-state index contributed by atoms with van der Waals surface area (Å²) < 4.78 is 40.0. The van der Waals surface area contributed by atoms with Crippen LogP contribution in [0.4, 0.5) is 19.0 Å². The fourth-order valence-electron chi connectivity index (χ4n) is 3.42. The number of amides is 1. The second kappa shape index (κ2) is 10.0. The average Bonchev–Trinajstić information content (AvgIpc) is 3.25. The minimum atomic E-state index is -4.52. The third-order valence-electron chi connectivity index (χ3n) is 5.35. The van der Waals surface area contributed by atoms with Crippen LogP contribution in [-0.4, -0.2) is 38.9 Å². The van der Waals surface area contributed by atoms with E-state index in [-0.39, 0.29) is 36.5 Å². The molecule has 182 valence electrons.